The molecule has 0 saturated heterocycles. The highest BCUT2D eigenvalue weighted by molar-refractivity contribution is 5.71. The Hall–Kier alpha value is -1.24. The monoisotopic (exact) mass is 159 g/mol. The van der Waals surface area contributed by atoms with Gasteiger partial charge >= 0.3 is 0 Å². The van der Waals surface area contributed by atoms with E-state index in [4.69, 9.17) is 0 Å². The average Bonchev–Trinajstić information content (AvgIpc) is 2.07. The molecule has 0 aliphatic carbocycles. The first-order chi connectivity index (χ1) is 5.77. The van der Waals surface area contributed by atoms with E-state index in [1.165, 1.54) is 16.8 Å². The van der Waals surface area contributed by atoms with Gasteiger partial charge in [-0.15, -0.1) is 0 Å². The van der Waals surface area contributed by atoms with Gasteiger partial charge in [0.2, 0.25) is 0 Å². The predicted molar refractivity (Wildman–Crippen MR) is 53.5 cm³/mol. The number of rotatable bonds is 0. The van der Waals surface area contributed by atoms with Gasteiger partial charge in [-0.1, -0.05) is 24.3 Å². The van der Waals surface area contributed by atoms with E-state index in [0.29, 0.717) is 0 Å². The molecular formula is C11H13N. The molecule has 0 radical (unpaired) electrons. The van der Waals surface area contributed by atoms with E-state index in [0.717, 1.165) is 6.54 Å². The number of fused-ring (bicyclic) bond motifs is 1. The van der Waals surface area contributed by atoms with E-state index in [9.17, 15) is 0 Å². The van der Waals surface area contributed by atoms with Gasteiger partial charge in [-0.3, -0.25) is 0 Å². The van der Waals surface area contributed by atoms with E-state index in [2.05, 4.69) is 49.2 Å². The molecule has 1 heteroatoms. The summed E-state index contributed by atoms with van der Waals surface area (Å²) in [6.07, 6.45) is 4.38. The first kappa shape index (κ1) is 7.41. The zero-order valence-corrected chi connectivity index (χ0v) is 7.54. The molecule has 12 heavy (non-hydrogen) atoms. The van der Waals surface area contributed by atoms with Crippen molar-refractivity contribution in [2.75, 3.05) is 18.5 Å². The summed E-state index contributed by atoms with van der Waals surface area (Å²) in [5, 5.41) is 0. The van der Waals surface area contributed by atoms with Crippen molar-refractivity contribution in [1.82, 2.24) is 0 Å². The number of benzene rings is 1. The molecule has 0 atom stereocenters. The van der Waals surface area contributed by atoms with Crippen molar-refractivity contribution in [2.24, 2.45) is 0 Å². The van der Waals surface area contributed by atoms with Crippen molar-refractivity contribution in [2.45, 2.75) is 6.92 Å². The second-order valence-electron chi connectivity index (χ2n) is 3.35. The van der Waals surface area contributed by atoms with E-state index < -0.39 is 0 Å². The summed E-state index contributed by atoms with van der Waals surface area (Å²) < 4.78 is 0. The maximum absolute atomic E-state index is 2.27. The maximum Gasteiger partial charge on any atom is 0.0442 e. The summed E-state index contributed by atoms with van der Waals surface area (Å²) in [7, 11) is 2.13. The lowest BCUT2D eigenvalue weighted by atomic mass is 10.1. The van der Waals surface area contributed by atoms with Crippen molar-refractivity contribution >= 4 is 11.8 Å². The Morgan fingerprint density at radius 1 is 1.33 bits per heavy atom. The Labute approximate surface area is 73.3 Å². The Balaban J connectivity index is 2.56. The van der Waals surface area contributed by atoms with Crippen LogP contribution >= 0.6 is 0 Å². The van der Waals surface area contributed by atoms with Crippen LogP contribution in [0.15, 0.2) is 24.3 Å². The number of likely N-dealkylation sites (N-methyl/N-ethyl adjacent to an activating group) is 1. The molecule has 1 aromatic carbocycles. The topological polar surface area (TPSA) is 3.24 Å². The lowest BCUT2D eigenvalue weighted by Gasteiger charge is -2.23. The molecule has 1 aliphatic heterocycles. The molecule has 0 amide bonds. The molecule has 0 spiro atoms. The summed E-state index contributed by atoms with van der Waals surface area (Å²) in [5.74, 6) is 0. The summed E-state index contributed by atoms with van der Waals surface area (Å²) >= 11 is 0. The van der Waals surface area contributed by atoms with Gasteiger partial charge in [0.15, 0.2) is 0 Å². The van der Waals surface area contributed by atoms with Crippen LogP contribution in [0.4, 0.5) is 5.69 Å². The van der Waals surface area contributed by atoms with Gasteiger partial charge in [0.1, 0.15) is 0 Å². The lowest BCUT2D eigenvalue weighted by molar-refractivity contribution is 1.02. The van der Waals surface area contributed by atoms with Crippen LogP contribution in [0.2, 0.25) is 0 Å². The summed E-state index contributed by atoms with van der Waals surface area (Å²) in [4.78, 5) is 2.27. The minimum atomic E-state index is 1.02. The highest BCUT2D eigenvalue weighted by atomic mass is 15.1. The van der Waals surface area contributed by atoms with E-state index in [1.807, 2.05) is 0 Å². The first-order valence-electron chi connectivity index (χ1n) is 4.26. The van der Waals surface area contributed by atoms with Crippen molar-refractivity contribution in [3.63, 3.8) is 0 Å². The molecule has 1 nitrogen and oxygen atoms in total. The Morgan fingerprint density at radius 2 is 2.17 bits per heavy atom. The van der Waals surface area contributed by atoms with Crippen LogP contribution in [-0.4, -0.2) is 13.6 Å². The SMILES string of the molecule is Cc1ccc2c(c1)N(C)CC=C2. The Bertz CT molecular complexity index is 326. The number of anilines is 1. The van der Waals surface area contributed by atoms with Crippen LogP contribution in [0.25, 0.3) is 6.08 Å². The molecule has 0 bridgehead atoms. The van der Waals surface area contributed by atoms with Crippen molar-refractivity contribution in [1.29, 1.82) is 0 Å². The smallest absolute Gasteiger partial charge is 0.0442 e. The fourth-order valence-corrected chi connectivity index (χ4v) is 1.56. The van der Waals surface area contributed by atoms with Gasteiger partial charge in [0.25, 0.3) is 0 Å². The number of hydrogen-bond acceptors (Lipinski definition) is 1. The standard InChI is InChI=1S/C11H13N/c1-9-5-6-10-4-3-7-12(2)11(10)8-9/h3-6,8H,7H2,1-2H3. The van der Waals surface area contributed by atoms with Crippen molar-refractivity contribution < 1.29 is 0 Å². The van der Waals surface area contributed by atoms with Crippen molar-refractivity contribution in [3.8, 4) is 0 Å². The number of hydrogen-bond donors (Lipinski definition) is 0. The molecule has 0 N–H and O–H groups in total. The lowest BCUT2D eigenvalue weighted by Crippen LogP contribution is -2.20. The number of aryl methyl sites for hydroxylation is 1. The molecule has 62 valence electrons. The second kappa shape index (κ2) is 2.67. The van der Waals surface area contributed by atoms with Crippen LogP contribution in [0, 0.1) is 6.92 Å². The highest BCUT2D eigenvalue weighted by Crippen LogP contribution is 2.25. The van der Waals surface area contributed by atoms with Crippen LogP contribution in [-0.2, 0) is 0 Å². The molecule has 0 saturated carbocycles. The van der Waals surface area contributed by atoms with Crippen LogP contribution in [0.3, 0.4) is 0 Å². The maximum atomic E-state index is 2.27. The van der Waals surface area contributed by atoms with Gasteiger partial charge in [-0.25, -0.2) is 0 Å². The molecule has 0 fully saturated rings. The summed E-state index contributed by atoms with van der Waals surface area (Å²) in [6.45, 7) is 3.16. The third-order valence-electron chi connectivity index (χ3n) is 2.27. The molecule has 2 rings (SSSR count). The van der Waals surface area contributed by atoms with Gasteiger partial charge in [0.05, 0.1) is 0 Å². The van der Waals surface area contributed by atoms with Crippen molar-refractivity contribution in [3.05, 3.63) is 35.4 Å². The largest absolute Gasteiger partial charge is 0.370 e. The zero-order chi connectivity index (χ0) is 8.55. The second-order valence-corrected chi connectivity index (χ2v) is 3.35. The zero-order valence-electron chi connectivity index (χ0n) is 7.54. The van der Waals surface area contributed by atoms with Gasteiger partial charge < -0.3 is 4.90 Å². The Morgan fingerprint density at radius 3 is 3.00 bits per heavy atom. The average molecular weight is 159 g/mol. The molecule has 1 aliphatic rings. The van der Waals surface area contributed by atoms with E-state index in [1.54, 1.807) is 0 Å². The Kier molecular flexibility index (Phi) is 1.65. The molecular weight excluding hydrogens is 146 g/mol. The first-order valence-corrected chi connectivity index (χ1v) is 4.26. The van der Waals surface area contributed by atoms with Gasteiger partial charge in [-0.2, -0.15) is 0 Å². The fourth-order valence-electron chi connectivity index (χ4n) is 1.56. The highest BCUT2D eigenvalue weighted by Gasteiger charge is 2.07. The summed E-state index contributed by atoms with van der Waals surface area (Å²) in [5.41, 5.74) is 4.00. The number of nitrogens with zero attached hydrogens (tertiary/aromatic N) is 1. The van der Waals surface area contributed by atoms with Crippen LogP contribution < -0.4 is 4.90 Å². The van der Waals surface area contributed by atoms with Crippen LogP contribution in [0.5, 0.6) is 0 Å². The summed E-state index contributed by atoms with van der Waals surface area (Å²) in [6, 6.07) is 6.57. The third kappa shape index (κ3) is 1.11. The molecule has 1 heterocycles. The predicted octanol–water partition coefficient (Wildman–Crippen LogP) is 2.46. The van der Waals surface area contributed by atoms with Crippen LogP contribution in [0.1, 0.15) is 11.1 Å². The molecule has 0 aromatic heterocycles. The van der Waals surface area contributed by atoms with E-state index in [-0.39, 0.29) is 0 Å². The minimum absolute atomic E-state index is 1.02. The normalized spacial score (nSPS) is 14.7. The minimum Gasteiger partial charge on any atom is -0.370 e. The van der Waals surface area contributed by atoms with E-state index >= 15 is 0 Å². The quantitative estimate of drug-likeness (QED) is 0.562. The molecule has 1 aromatic rings. The fraction of sp³-hybridized carbons (Fsp3) is 0.273. The molecule has 0 unspecified atom stereocenters. The van der Waals surface area contributed by atoms with Gasteiger partial charge in [0, 0.05) is 19.3 Å². The van der Waals surface area contributed by atoms with Gasteiger partial charge in [-0.05, 0) is 24.1 Å². The third-order valence-corrected chi connectivity index (χ3v) is 2.27.